The number of rotatable bonds is 3. The van der Waals surface area contributed by atoms with Gasteiger partial charge in [-0.25, -0.2) is 9.59 Å². The lowest BCUT2D eigenvalue weighted by Gasteiger charge is -2.36. The van der Waals surface area contributed by atoms with Gasteiger partial charge in [0.05, 0.1) is 23.5 Å². The topological polar surface area (TPSA) is 82.1 Å². The van der Waals surface area contributed by atoms with Crippen LogP contribution < -0.4 is 15.5 Å². The molecule has 2 aromatic carbocycles. The van der Waals surface area contributed by atoms with E-state index in [1.165, 1.54) is 6.07 Å². The summed E-state index contributed by atoms with van der Waals surface area (Å²) in [7, 11) is 0. The van der Waals surface area contributed by atoms with Crippen molar-refractivity contribution in [2.45, 2.75) is 6.92 Å². The predicted octanol–water partition coefficient (Wildman–Crippen LogP) is 3.03. The Balaban J connectivity index is 2.06. The van der Waals surface area contributed by atoms with Crippen molar-refractivity contribution in [3.63, 3.8) is 0 Å². The molecule has 0 atom stereocenters. The number of nitrogens with one attached hydrogen (secondary N) is 1. The summed E-state index contributed by atoms with van der Waals surface area (Å²) in [6.07, 6.45) is 0. The molecule has 7 nitrogen and oxygen atoms in total. The number of esters is 1. The van der Waals surface area contributed by atoms with Gasteiger partial charge in [-0.2, -0.15) is 10.2 Å². The number of carbonyl (C=O) groups excluding carboxylic acids is 2. The molecular weight excluding hydrogens is 298 g/mol. The molecule has 3 rings (SSSR count). The highest BCUT2D eigenvalue weighted by Crippen LogP contribution is 2.34. The standard InChI is InChI=1S/C16H15N3O4/c1-2-23-15(20)11-7-3-5-9-13(11)18-16(21)17-12-8-4-6-10-14(12)19(18)22/h3-10,22H,2H2,1H3,(H,17,21). The van der Waals surface area contributed by atoms with Crippen LogP contribution in [-0.2, 0) is 4.74 Å². The molecule has 7 heteroatoms. The summed E-state index contributed by atoms with van der Waals surface area (Å²) in [5.41, 5.74) is 1.28. The van der Waals surface area contributed by atoms with E-state index in [2.05, 4.69) is 5.32 Å². The number of para-hydroxylation sites is 3. The highest BCUT2D eigenvalue weighted by molar-refractivity contribution is 6.11. The van der Waals surface area contributed by atoms with Gasteiger partial charge in [-0.15, -0.1) is 0 Å². The monoisotopic (exact) mass is 313 g/mol. The van der Waals surface area contributed by atoms with Gasteiger partial charge in [0.25, 0.3) is 0 Å². The van der Waals surface area contributed by atoms with Crippen molar-refractivity contribution in [2.24, 2.45) is 0 Å². The first kappa shape index (κ1) is 14.9. The van der Waals surface area contributed by atoms with Crippen molar-refractivity contribution in [3.05, 3.63) is 54.1 Å². The second-order valence-corrected chi connectivity index (χ2v) is 4.79. The number of benzene rings is 2. The van der Waals surface area contributed by atoms with Gasteiger partial charge in [0, 0.05) is 0 Å². The lowest BCUT2D eigenvalue weighted by atomic mass is 10.1. The molecule has 2 N–H and O–H groups in total. The van der Waals surface area contributed by atoms with E-state index < -0.39 is 12.0 Å². The zero-order chi connectivity index (χ0) is 16.4. The van der Waals surface area contributed by atoms with Crippen LogP contribution >= 0.6 is 0 Å². The molecule has 0 spiro atoms. The van der Waals surface area contributed by atoms with E-state index in [4.69, 9.17) is 4.74 Å². The average Bonchev–Trinajstić information content (AvgIpc) is 2.55. The van der Waals surface area contributed by atoms with Gasteiger partial charge < -0.3 is 10.1 Å². The number of anilines is 3. The van der Waals surface area contributed by atoms with Gasteiger partial charge in [0.1, 0.15) is 5.69 Å². The molecule has 0 saturated heterocycles. The van der Waals surface area contributed by atoms with E-state index >= 15 is 0 Å². The zero-order valence-electron chi connectivity index (χ0n) is 12.4. The third-order valence-corrected chi connectivity index (χ3v) is 3.37. The van der Waals surface area contributed by atoms with E-state index in [1.807, 2.05) is 0 Å². The summed E-state index contributed by atoms with van der Waals surface area (Å²) in [5.74, 6) is -0.567. The summed E-state index contributed by atoms with van der Waals surface area (Å²) >= 11 is 0. The fraction of sp³-hybridized carbons (Fsp3) is 0.125. The molecule has 1 heterocycles. The Labute approximate surface area is 132 Å². The van der Waals surface area contributed by atoms with Crippen LogP contribution in [0.15, 0.2) is 48.5 Å². The van der Waals surface area contributed by atoms with Crippen LogP contribution in [0, 0.1) is 0 Å². The highest BCUT2D eigenvalue weighted by Gasteiger charge is 2.32. The van der Waals surface area contributed by atoms with E-state index in [0.717, 1.165) is 5.01 Å². The van der Waals surface area contributed by atoms with Gasteiger partial charge in [-0.3, -0.25) is 5.21 Å². The molecule has 1 aliphatic rings. The number of amides is 2. The Morgan fingerprint density at radius 2 is 1.78 bits per heavy atom. The van der Waals surface area contributed by atoms with Crippen LogP contribution in [-0.4, -0.2) is 23.8 Å². The Morgan fingerprint density at radius 1 is 1.13 bits per heavy atom. The molecule has 0 aromatic heterocycles. The smallest absolute Gasteiger partial charge is 0.347 e. The summed E-state index contributed by atoms with van der Waals surface area (Å²) in [6.45, 7) is 1.91. The Hall–Kier alpha value is -3.06. The first-order valence-electron chi connectivity index (χ1n) is 7.08. The lowest BCUT2D eigenvalue weighted by Crippen LogP contribution is -2.51. The lowest BCUT2D eigenvalue weighted by molar-refractivity contribution is 0.0527. The van der Waals surface area contributed by atoms with Crippen molar-refractivity contribution < 1.29 is 19.5 Å². The molecule has 23 heavy (non-hydrogen) atoms. The van der Waals surface area contributed by atoms with Crippen molar-refractivity contribution in [1.29, 1.82) is 0 Å². The average molecular weight is 313 g/mol. The van der Waals surface area contributed by atoms with E-state index in [-0.39, 0.29) is 17.9 Å². The van der Waals surface area contributed by atoms with Gasteiger partial charge in [0.2, 0.25) is 0 Å². The van der Waals surface area contributed by atoms with Crippen molar-refractivity contribution in [1.82, 2.24) is 0 Å². The van der Waals surface area contributed by atoms with E-state index in [1.54, 1.807) is 49.4 Å². The summed E-state index contributed by atoms with van der Waals surface area (Å²) in [6, 6.07) is 12.6. The number of hydrogen-bond donors (Lipinski definition) is 2. The van der Waals surface area contributed by atoms with Crippen LogP contribution in [0.25, 0.3) is 0 Å². The minimum Gasteiger partial charge on any atom is -0.462 e. The molecule has 0 fully saturated rings. The van der Waals surface area contributed by atoms with Gasteiger partial charge in [-0.1, -0.05) is 24.3 Å². The van der Waals surface area contributed by atoms with Crippen LogP contribution in [0.2, 0.25) is 0 Å². The molecule has 0 bridgehead atoms. The minimum atomic E-state index is -0.581. The second kappa shape index (κ2) is 5.98. The number of fused-ring (bicyclic) bond motifs is 1. The number of nitrogens with zero attached hydrogens (tertiary/aromatic N) is 2. The quantitative estimate of drug-likeness (QED) is 0.851. The molecule has 2 aromatic rings. The SMILES string of the molecule is CCOC(=O)c1ccccc1N1C(=O)Nc2ccccc2N1O. The minimum absolute atomic E-state index is 0.183. The molecule has 0 aliphatic carbocycles. The third-order valence-electron chi connectivity index (χ3n) is 3.37. The third kappa shape index (κ3) is 2.58. The van der Waals surface area contributed by atoms with Crippen LogP contribution in [0.4, 0.5) is 21.9 Å². The van der Waals surface area contributed by atoms with Crippen molar-refractivity contribution in [3.8, 4) is 0 Å². The first-order chi connectivity index (χ1) is 11.1. The van der Waals surface area contributed by atoms with E-state index in [9.17, 15) is 14.8 Å². The van der Waals surface area contributed by atoms with Crippen LogP contribution in [0.3, 0.4) is 0 Å². The Bertz CT molecular complexity index is 762. The molecule has 1 aliphatic heterocycles. The van der Waals surface area contributed by atoms with Gasteiger partial charge in [-0.05, 0) is 31.2 Å². The number of urea groups is 1. The number of ether oxygens (including phenoxy) is 1. The van der Waals surface area contributed by atoms with Gasteiger partial charge >= 0.3 is 12.0 Å². The van der Waals surface area contributed by atoms with Crippen LogP contribution in [0.1, 0.15) is 17.3 Å². The maximum absolute atomic E-state index is 12.4. The first-order valence-corrected chi connectivity index (χ1v) is 7.08. The van der Waals surface area contributed by atoms with Crippen LogP contribution in [0.5, 0.6) is 0 Å². The number of hydrazine groups is 1. The zero-order valence-corrected chi connectivity index (χ0v) is 12.4. The fourth-order valence-electron chi connectivity index (χ4n) is 2.37. The van der Waals surface area contributed by atoms with Gasteiger partial charge in [0.15, 0.2) is 0 Å². The number of carbonyl (C=O) groups is 2. The maximum Gasteiger partial charge on any atom is 0.347 e. The molecule has 0 radical (unpaired) electrons. The Morgan fingerprint density at radius 3 is 2.52 bits per heavy atom. The summed E-state index contributed by atoms with van der Waals surface area (Å²) < 4.78 is 5.00. The number of hydrogen-bond acceptors (Lipinski definition) is 5. The molecule has 0 unspecified atom stereocenters. The molecule has 118 valence electrons. The Kier molecular flexibility index (Phi) is 3.86. The molecule has 0 saturated carbocycles. The maximum atomic E-state index is 12.4. The summed E-state index contributed by atoms with van der Waals surface area (Å²) in [5, 5.41) is 14.8. The van der Waals surface area contributed by atoms with Crippen molar-refractivity contribution in [2.75, 3.05) is 22.1 Å². The summed E-state index contributed by atoms with van der Waals surface area (Å²) in [4.78, 5) is 24.4. The molecule has 2 amide bonds. The predicted molar refractivity (Wildman–Crippen MR) is 84.6 cm³/mol. The van der Waals surface area contributed by atoms with E-state index in [0.29, 0.717) is 16.5 Å². The normalized spacial score (nSPS) is 13.4. The molecular formula is C16H15N3O4. The fourth-order valence-corrected chi connectivity index (χ4v) is 2.37. The highest BCUT2D eigenvalue weighted by atomic mass is 16.6. The van der Waals surface area contributed by atoms with Crippen molar-refractivity contribution >= 4 is 29.1 Å². The second-order valence-electron chi connectivity index (χ2n) is 4.79. The largest absolute Gasteiger partial charge is 0.462 e.